The molecule has 0 spiro atoms. The monoisotopic (exact) mass is 351 g/mol. The first-order valence-corrected chi connectivity index (χ1v) is 7.59. The summed E-state index contributed by atoms with van der Waals surface area (Å²) in [6, 6.07) is 6.34. The summed E-state index contributed by atoms with van der Waals surface area (Å²) in [6.07, 6.45) is 2.91. The van der Waals surface area contributed by atoms with Crippen molar-refractivity contribution in [3.8, 4) is 0 Å². The molecule has 0 amide bonds. The lowest BCUT2D eigenvalue weighted by atomic mass is 10.2. The van der Waals surface area contributed by atoms with Crippen molar-refractivity contribution in [3.63, 3.8) is 0 Å². The summed E-state index contributed by atoms with van der Waals surface area (Å²) in [4.78, 5) is 12.2. The van der Waals surface area contributed by atoms with Gasteiger partial charge in [-0.05, 0) is 18.2 Å². The molecule has 1 aromatic carbocycles. The van der Waals surface area contributed by atoms with Crippen LogP contribution >= 0.6 is 23.2 Å². The zero-order valence-corrected chi connectivity index (χ0v) is 13.4. The van der Waals surface area contributed by atoms with Crippen LogP contribution in [0, 0.1) is 5.82 Å². The number of pyridine rings is 1. The lowest BCUT2D eigenvalue weighted by Gasteiger charge is -2.10. The average Bonchev–Trinajstić information content (AvgIpc) is 2.53. The molecule has 0 aliphatic carbocycles. The van der Waals surface area contributed by atoms with Crippen LogP contribution in [0.5, 0.6) is 0 Å². The van der Waals surface area contributed by atoms with E-state index in [0.29, 0.717) is 45.7 Å². The van der Waals surface area contributed by atoms with E-state index in [1.165, 1.54) is 18.6 Å². The van der Waals surface area contributed by atoms with Gasteiger partial charge in [0.2, 0.25) is 0 Å². The third-order valence-corrected chi connectivity index (χ3v) is 3.62. The van der Waals surface area contributed by atoms with E-state index in [9.17, 15) is 4.39 Å². The number of rotatable bonds is 5. The molecule has 118 valence electrons. The second-order valence-electron chi connectivity index (χ2n) is 4.69. The number of nitrogens with zero attached hydrogens (tertiary/aromatic N) is 3. The Bertz CT molecular complexity index is 838. The van der Waals surface area contributed by atoms with Crippen LogP contribution in [0.2, 0.25) is 10.0 Å². The SMILES string of the molecule is Fc1cccc2ncnc(NCCNc3ncc(Cl)cc3Cl)c12. The summed E-state index contributed by atoms with van der Waals surface area (Å²) in [7, 11) is 0. The Labute approximate surface area is 141 Å². The van der Waals surface area contributed by atoms with E-state index in [1.807, 2.05) is 0 Å². The van der Waals surface area contributed by atoms with Crippen molar-refractivity contribution in [1.82, 2.24) is 15.0 Å². The van der Waals surface area contributed by atoms with Crippen LogP contribution in [-0.4, -0.2) is 28.0 Å². The van der Waals surface area contributed by atoms with Crippen LogP contribution in [-0.2, 0) is 0 Å². The maximum absolute atomic E-state index is 13.9. The Kier molecular flexibility index (Phi) is 4.73. The lowest BCUT2D eigenvalue weighted by Crippen LogP contribution is -2.15. The van der Waals surface area contributed by atoms with Crippen LogP contribution in [0.4, 0.5) is 16.0 Å². The fourth-order valence-corrected chi connectivity index (χ4v) is 2.56. The minimum Gasteiger partial charge on any atom is -0.368 e. The highest BCUT2D eigenvalue weighted by Gasteiger charge is 2.08. The summed E-state index contributed by atoms with van der Waals surface area (Å²) in [5.74, 6) is 0.627. The molecule has 3 aromatic rings. The first-order chi connectivity index (χ1) is 11.1. The highest BCUT2D eigenvalue weighted by molar-refractivity contribution is 6.35. The van der Waals surface area contributed by atoms with Gasteiger partial charge in [0.05, 0.1) is 20.9 Å². The molecule has 0 atom stereocenters. The highest BCUT2D eigenvalue weighted by atomic mass is 35.5. The van der Waals surface area contributed by atoms with Gasteiger partial charge in [-0.25, -0.2) is 19.3 Å². The number of benzene rings is 1. The Morgan fingerprint density at radius 1 is 1.00 bits per heavy atom. The fraction of sp³-hybridized carbons (Fsp3) is 0.133. The molecule has 8 heteroatoms. The van der Waals surface area contributed by atoms with Gasteiger partial charge in [-0.1, -0.05) is 29.3 Å². The quantitative estimate of drug-likeness (QED) is 0.680. The predicted molar refractivity (Wildman–Crippen MR) is 90.7 cm³/mol. The summed E-state index contributed by atoms with van der Waals surface area (Å²) in [6.45, 7) is 1.02. The van der Waals surface area contributed by atoms with Crippen LogP contribution in [0.3, 0.4) is 0 Å². The molecule has 0 fully saturated rings. The number of hydrogen-bond donors (Lipinski definition) is 2. The largest absolute Gasteiger partial charge is 0.368 e. The normalized spacial score (nSPS) is 10.7. The summed E-state index contributed by atoms with van der Waals surface area (Å²) >= 11 is 11.8. The van der Waals surface area contributed by atoms with Gasteiger partial charge in [0.15, 0.2) is 0 Å². The third kappa shape index (κ3) is 3.60. The van der Waals surface area contributed by atoms with Crippen LogP contribution < -0.4 is 10.6 Å². The second-order valence-corrected chi connectivity index (χ2v) is 5.54. The molecule has 0 radical (unpaired) electrons. The Morgan fingerprint density at radius 3 is 2.57 bits per heavy atom. The van der Waals surface area contributed by atoms with Gasteiger partial charge >= 0.3 is 0 Å². The Balaban J connectivity index is 1.65. The van der Waals surface area contributed by atoms with Crippen molar-refractivity contribution >= 4 is 45.7 Å². The molecular weight excluding hydrogens is 340 g/mol. The molecule has 0 saturated heterocycles. The molecule has 0 aliphatic rings. The van der Waals surface area contributed by atoms with Gasteiger partial charge in [-0.3, -0.25) is 0 Å². The van der Waals surface area contributed by atoms with Crippen LogP contribution in [0.25, 0.3) is 10.9 Å². The molecule has 2 heterocycles. The van der Waals surface area contributed by atoms with E-state index in [0.717, 1.165) is 0 Å². The molecule has 0 unspecified atom stereocenters. The zero-order chi connectivity index (χ0) is 16.2. The van der Waals surface area contributed by atoms with Crippen molar-refractivity contribution < 1.29 is 4.39 Å². The highest BCUT2D eigenvalue weighted by Crippen LogP contribution is 2.23. The van der Waals surface area contributed by atoms with Gasteiger partial charge in [0, 0.05) is 19.3 Å². The summed E-state index contributed by atoms with van der Waals surface area (Å²) < 4.78 is 13.9. The van der Waals surface area contributed by atoms with E-state index >= 15 is 0 Å². The summed E-state index contributed by atoms with van der Waals surface area (Å²) in [5, 5.41) is 7.44. The van der Waals surface area contributed by atoms with Gasteiger partial charge in [-0.15, -0.1) is 0 Å². The minimum atomic E-state index is -0.360. The number of anilines is 2. The zero-order valence-electron chi connectivity index (χ0n) is 11.9. The number of fused-ring (bicyclic) bond motifs is 1. The van der Waals surface area contributed by atoms with Crippen molar-refractivity contribution in [2.45, 2.75) is 0 Å². The second kappa shape index (κ2) is 6.93. The molecule has 2 aromatic heterocycles. The van der Waals surface area contributed by atoms with Crippen molar-refractivity contribution in [2.75, 3.05) is 23.7 Å². The van der Waals surface area contributed by atoms with Crippen LogP contribution in [0.1, 0.15) is 0 Å². The molecule has 23 heavy (non-hydrogen) atoms. The van der Waals surface area contributed by atoms with Crippen molar-refractivity contribution in [1.29, 1.82) is 0 Å². The predicted octanol–water partition coefficient (Wildman–Crippen LogP) is 3.99. The van der Waals surface area contributed by atoms with Crippen LogP contribution in [0.15, 0.2) is 36.8 Å². The molecule has 2 N–H and O–H groups in total. The number of hydrogen-bond acceptors (Lipinski definition) is 5. The van der Waals surface area contributed by atoms with Gasteiger partial charge < -0.3 is 10.6 Å². The molecule has 0 saturated carbocycles. The van der Waals surface area contributed by atoms with Crippen molar-refractivity contribution in [3.05, 3.63) is 52.7 Å². The maximum atomic E-state index is 13.9. The summed E-state index contributed by atoms with van der Waals surface area (Å²) in [5.41, 5.74) is 0.554. The van der Waals surface area contributed by atoms with Gasteiger partial charge in [-0.2, -0.15) is 0 Å². The fourth-order valence-electron chi connectivity index (χ4n) is 2.11. The van der Waals surface area contributed by atoms with E-state index in [4.69, 9.17) is 23.2 Å². The lowest BCUT2D eigenvalue weighted by molar-refractivity contribution is 0.639. The maximum Gasteiger partial charge on any atom is 0.144 e. The molecule has 5 nitrogen and oxygen atoms in total. The molecule has 3 rings (SSSR count). The molecular formula is C15H12Cl2FN5. The van der Waals surface area contributed by atoms with E-state index < -0.39 is 0 Å². The topological polar surface area (TPSA) is 62.7 Å². The van der Waals surface area contributed by atoms with E-state index in [2.05, 4.69) is 25.6 Å². The Hall–Kier alpha value is -2.18. The average molecular weight is 352 g/mol. The number of aromatic nitrogens is 3. The van der Waals surface area contributed by atoms with Gasteiger partial charge in [0.25, 0.3) is 0 Å². The van der Waals surface area contributed by atoms with Crippen molar-refractivity contribution in [2.24, 2.45) is 0 Å². The number of halogens is 3. The minimum absolute atomic E-state index is 0.360. The first-order valence-electron chi connectivity index (χ1n) is 6.83. The number of nitrogens with one attached hydrogen (secondary N) is 2. The standard InChI is InChI=1S/C15H12Cl2FN5/c16-9-6-10(17)14(21-7-9)19-4-5-20-15-13-11(18)2-1-3-12(13)22-8-23-15/h1-3,6-8H,4-5H2,(H,19,21)(H,20,22,23). The first kappa shape index (κ1) is 15.7. The van der Waals surface area contributed by atoms with E-state index in [1.54, 1.807) is 18.2 Å². The third-order valence-electron chi connectivity index (χ3n) is 3.13. The smallest absolute Gasteiger partial charge is 0.144 e. The molecule has 0 aliphatic heterocycles. The Morgan fingerprint density at radius 2 is 1.78 bits per heavy atom. The van der Waals surface area contributed by atoms with Gasteiger partial charge in [0.1, 0.15) is 23.8 Å². The van der Waals surface area contributed by atoms with E-state index in [-0.39, 0.29) is 5.82 Å². The molecule has 0 bridgehead atoms.